The SMILES string of the molecule is COc1cnc(CC(C)C)nc1N. The Morgan fingerprint density at radius 2 is 2.23 bits per heavy atom. The van der Waals surface area contributed by atoms with Crippen molar-refractivity contribution in [2.24, 2.45) is 5.92 Å². The van der Waals surface area contributed by atoms with E-state index >= 15 is 0 Å². The summed E-state index contributed by atoms with van der Waals surface area (Å²) >= 11 is 0. The quantitative estimate of drug-likeness (QED) is 0.762. The molecule has 4 nitrogen and oxygen atoms in total. The van der Waals surface area contributed by atoms with E-state index in [1.54, 1.807) is 13.3 Å². The van der Waals surface area contributed by atoms with Crippen LogP contribution < -0.4 is 10.5 Å². The highest BCUT2D eigenvalue weighted by Crippen LogP contribution is 2.16. The van der Waals surface area contributed by atoms with Crippen LogP contribution in [-0.2, 0) is 6.42 Å². The standard InChI is InChI=1S/C9H15N3O/c1-6(2)4-8-11-5-7(13-3)9(10)12-8/h5-6H,4H2,1-3H3,(H2,10,11,12). The number of methoxy groups -OCH3 is 1. The molecule has 4 heteroatoms. The molecule has 0 radical (unpaired) electrons. The molecule has 0 spiro atoms. The van der Waals surface area contributed by atoms with Crippen LogP contribution in [0.25, 0.3) is 0 Å². The highest BCUT2D eigenvalue weighted by Gasteiger charge is 2.05. The molecule has 1 heterocycles. The van der Waals surface area contributed by atoms with Crippen LogP contribution in [0.1, 0.15) is 19.7 Å². The number of aromatic nitrogens is 2. The molecule has 0 aliphatic carbocycles. The van der Waals surface area contributed by atoms with Crippen LogP contribution in [-0.4, -0.2) is 17.1 Å². The highest BCUT2D eigenvalue weighted by atomic mass is 16.5. The molecular weight excluding hydrogens is 166 g/mol. The lowest BCUT2D eigenvalue weighted by Gasteiger charge is -2.06. The van der Waals surface area contributed by atoms with Crippen LogP contribution in [0.4, 0.5) is 5.82 Å². The van der Waals surface area contributed by atoms with E-state index < -0.39 is 0 Å². The van der Waals surface area contributed by atoms with Gasteiger partial charge in [0.15, 0.2) is 11.6 Å². The van der Waals surface area contributed by atoms with Gasteiger partial charge in [-0.2, -0.15) is 0 Å². The number of nitrogens with two attached hydrogens (primary N) is 1. The molecule has 0 saturated heterocycles. The van der Waals surface area contributed by atoms with E-state index in [1.807, 2.05) is 0 Å². The number of rotatable bonds is 3. The van der Waals surface area contributed by atoms with Crippen LogP contribution in [0, 0.1) is 5.92 Å². The Hall–Kier alpha value is -1.32. The maximum absolute atomic E-state index is 5.63. The largest absolute Gasteiger partial charge is 0.491 e. The van der Waals surface area contributed by atoms with Crippen LogP contribution in [0.3, 0.4) is 0 Å². The number of nitrogens with zero attached hydrogens (tertiary/aromatic N) is 2. The molecule has 2 N–H and O–H groups in total. The summed E-state index contributed by atoms with van der Waals surface area (Å²) in [5.74, 6) is 2.25. The first-order valence-corrected chi connectivity index (χ1v) is 4.29. The van der Waals surface area contributed by atoms with Crippen molar-refractivity contribution < 1.29 is 4.74 Å². The zero-order chi connectivity index (χ0) is 9.84. The molecule has 13 heavy (non-hydrogen) atoms. The summed E-state index contributed by atoms with van der Waals surface area (Å²) in [5.41, 5.74) is 5.63. The van der Waals surface area contributed by atoms with Gasteiger partial charge in [-0.25, -0.2) is 9.97 Å². The topological polar surface area (TPSA) is 61.0 Å². The second-order valence-electron chi connectivity index (χ2n) is 3.34. The molecule has 0 amide bonds. The third-order valence-electron chi connectivity index (χ3n) is 1.64. The number of nitrogen functional groups attached to an aromatic ring is 1. The second kappa shape index (κ2) is 4.07. The average Bonchev–Trinajstić information content (AvgIpc) is 2.03. The monoisotopic (exact) mass is 181 g/mol. The molecule has 0 aliphatic heterocycles. The van der Waals surface area contributed by atoms with Gasteiger partial charge in [0.05, 0.1) is 13.3 Å². The van der Waals surface area contributed by atoms with Crippen LogP contribution in [0.2, 0.25) is 0 Å². The fraction of sp³-hybridized carbons (Fsp3) is 0.556. The lowest BCUT2D eigenvalue weighted by atomic mass is 10.1. The first kappa shape index (κ1) is 9.77. The summed E-state index contributed by atoms with van der Waals surface area (Å²) < 4.78 is 4.95. The van der Waals surface area contributed by atoms with Crippen molar-refractivity contribution in [2.45, 2.75) is 20.3 Å². The molecule has 0 unspecified atom stereocenters. The number of ether oxygens (including phenoxy) is 1. The summed E-state index contributed by atoms with van der Waals surface area (Å²) in [6.07, 6.45) is 2.45. The summed E-state index contributed by atoms with van der Waals surface area (Å²) in [7, 11) is 1.55. The van der Waals surface area contributed by atoms with Gasteiger partial charge >= 0.3 is 0 Å². The summed E-state index contributed by atoms with van der Waals surface area (Å²) in [6.45, 7) is 4.23. The van der Waals surface area contributed by atoms with Crippen molar-refractivity contribution in [3.63, 3.8) is 0 Å². The summed E-state index contributed by atoms with van der Waals surface area (Å²) in [4.78, 5) is 8.26. The van der Waals surface area contributed by atoms with Gasteiger partial charge in [-0.15, -0.1) is 0 Å². The van der Waals surface area contributed by atoms with Crippen molar-refractivity contribution in [3.05, 3.63) is 12.0 Å². The van der Waals surface area contributed by atoms with Gasteiger partial charge in [-0.05, 0) is 5.92 Å². The minimum Gasteiger partial charge on any atom is -0.491 e. The molecule has 1 aromatic heterocycles. The van der Waals surface area contributed by atoms with Gasteiger partial charge in [-0.3, -0.25) is 0 Å². The van der Waals surface area contributed by atoms with Crippen molar-refractivity contribution in [1.82, 2.24) is 9.97 Å². The minimum absolute atomic E-state index is 0.410. The molecule has 1 aromatic rings. The Kier molecular flexibility index (Phi) is 3.06. The van der Waals surface area contributed by atoms with Crippen molar-refractivity contribution >= 4 is 5.82 Å². The summed E-state index contributed by atoms with van der Waals surface area (Å²) in [5, 5.41) is 0. The maximum Gasteiger partial charge on any atom is 0.179 e. The number of anilines is 1. The van der Waals surface area contributed by atoms with E-state index in [0.29, 0.717) is 17.5 Å². The van der Waals surface area contributed by atoms with E-state index in [-0.39, 0.29) is 0 Å². The normalized spacial score (nSPS) is 10.5. The smallest absolute Gasteiger partial charge is 0.179 e. The highest BCUT2D eigenvalue weighted by molar-refractivity contribution is 5.43. The van der Waals surface area contributed by atoms with Gasteiger partial charge in [0, 0.05) is 6.42 Å². The van der Waals surface area contributed by atoms with E-state index in [0.717, 1.165) is 12.2 Å². The zero-order valence-corrected chi connectivity index (χ0v) is 8.24. The summed E-state index contributed by atoms with van der Waals surface area (Å²) in [6, 6.07) is 0. The first-order chi connectivity index (χ1) is 6.13. The Morgan fingerprint density at radius 1 is 1.54 bits per heavy atom. The molecule has 0 saturated carbocycles. The van der Waals surface area contributed by atoms with Gasteiger partial charge in [-0.1, -0.05) is 13.8 Å². The third-order valence-corrected chi connectivity index (χ3v) is 1.64. The molecule has 1 rings (SSSR count). The Balaban J connectivity index is 2.83. The van der Waals surface area contributed by atoms with Crippen LogP contribution in [0.5, 0.6) is 5.75 Å². The van der Waals surface area contributed by atoms with Gasteiger partial charge in [0.25, 0.3) is 0 Å². The average molecular weight is 181 g/mol. The van der Waals surface area contributed by atoms with Gasteiger partial charge in [0.2, 0.25) is 0 Å². The number of hydrogen-bond acceptors (Lipinski definition) is 4. The molecular formula is C9H15N3O. The molecule has 0 atom stereocenters. The van der Waals surface area contributed by atoms with E-state index in [4.69, 9.17) is 10.5 Å². The van der Waals surface area contributed by atoms with Gasteiger partial charge in [0.1, 0.15) is 5.82 Å². The maximum atomic E-state index is 5.63. The van der Waals surface area contributed by atoms with E-state index in [2.05, 4.69) is 23.8 Å². The molecule has 0 aromatic carbocycles. The fourth-order valence-electron chi connectivity index (χ4n) is 1.04. The molecule has 72 valence electrons. The second-order valence-corrected chi connectivity index (χ2v) is 3.34. The lowest BCUT2D eigenvalue weighted by molar-refractivity contribution is 0.412. The first-order valence-electron chi connectivity index (χ1n) is 4.29. The van der Waals surface area contributed by atoms with Gasteiger partial charge < -0.3 is 10.5 Å². The molecule has 0 fully saturated rings. The Labute approximate surface area is 78.1 Å². The Bertz CT molecular complexity index is 286. The molecule has 0 aliphatic rings. The predicted octanol–water partition coefficient (Wildman–Crippen LogP) is 1.27. The lowest BCUT2D eigenvalue weighted by Crippen LogP contribution is -2.04. The zero-order valence-electron chi connectivity index (χ0n) is 8.24. The van der Waals surface area contributed by atoms with Crippen molar-refractivity contribution in [2.75, 3.05) is 12.8 Å². The third kappa shape index (κ3) is 2.57. The van der Waals surface area contributed by atoms with Crippen molar-refractivity contribution in [3.8, 4) is 5.75 Å². The molecule has 0 bridgehead atoms. The van der Waals surface area contributed by atoms with Crippen LogP contribution >= 0.6 is 0 Å². The van der Waals surface area contributed by atoms with E-state index in [1.165, 1.54) is 0 Å². The Morgan fingerprint density at radius 3 is 2.69 bits per heavy atom. The minimum atomic E-state index is 0.410. The van der Waals surface area contributed by atoms with Crippen molar-refractivity contribution in [1.29, 1.82) is 0 Å². The van der Waals surface area contributed by atoms with Crippen LogP contribution in [0.15, 0.2) is 6.20 Å². The number of hydrogen-bond donors (Lipinski definition) is 1. The van der Waals surface area contributed by atoms with E-state index in [9.17, 15) is 0 Å². The fourth-order valence-corrected chi connectivity index (χ4v) is 1.04. The predicted molar refractivity (Wildman–Crippen MR) is 51.5 cm³/mol.